The fourth-order valence-corrected chi connectivity index (χ4v) is 1.96. The Bertz CT molecular complexity index is 638. The van der Waals surface area contributed by atoms with Gasteiger partial charge < -0.3 is 10.6 Å². The molecule has 0 aliphatic carbocycles. The first-order valence-electron chi connectivity index (χ1n) is 6.76. The Morgan fingerprint density at radius 3 is 2.48 bits per heavy atom. The number of rotatable bonds is 4. The molecule has 1 aromatic carbocycles. The predicted molar refractivity (Wildman–Crippen MR) is 82.2 cm³/mol. The highest BCUT2D eigenvalue weighted by atomic mass is 19.1. The topological polar surface area (TPSA) is 54.0 Å². The minimum Gasteiger partial charge on any atom is -0.372 e. The molecule has 4 nitrogen and oxygen atoms in total. The SMILES string of the molecule is CNc1ncc(F)cc1C(=O)Nc1ccc(C(C)C)cc1. The average molecular weight is 287 g/mol. The maximum absolute atomic E-state index is 13.3. The number of nitrogens with zero attached hydrogens (tertiary/aromatic N) is 1. The lowest BCUT2D eigenvalue weighted by molar-refractivity contribution is 0.102. The Balaban J connectivity index is 2.19. The number of amides is 1. The van der Waals surface area contributed by atoms with Gasteiger partial charge in [-0.1, -0.05) is 26.0 Å². The molecule has 0 bridgehead atoms. The van der Waals surface area contributed by atoms with Crippen LogP contribution in [0.2, 0.25) is 0 Å². The Kier molecular flexibility index (Phi) is 4.52. The molecule has 0 saturated heterocycles. The van der Waals surface area contributed by atoms with Crippen molar-refractivity contribution < 1.29 is 9.18 Å². The average Bonchev–Trinajstić information content (AvgIpc) is 2.47. The maximum atomic E-state index is 13.3. The number of carbonyl (C=O) groups excluding carboxylic acids is 1. The highest BCUT2D eigenvalue weighted by Gasteiger charge is 2.13. The summed E-state index contributed by atoms with van der Waals surface area (Å²) in [6.45, 7) is 4.20. The summed E-state index contributed by atoms with van der Waals surface area (Å²) in [6, 6.07) is 8.75. The van der Waals surface area contributed by atoms with E-state index in [4.69, 9.17) is 0 Å². The van der Waals surface area contributed by atoms with Gasteiger partial charge in [0.05, 0.1) is 11.8 Å². The van der Waals surface area contributed by atoms with Crippen molar-refractivity contribution in [2.75, 3.05) is 17.7 Å². The van der Waals surface area contributed by atoms with Crippen molar-refractivity contribution in [3.8, 4) is 0 Å². The predicted octanol–water partition coefficient (Wildman–Crippen LogP) is 3.64. The van der Waals surface area contributed by atoms with Gasteiger partial charge in [-0.25, -0.2) is 9.37 Å². The third kappa shape index (κ3) is 3.56. The van der Waals surface area contributed by atoms with Crippen LogP contribution in [-0.4, -0.2) is 17.9 Å². The van der Waals surface area contributed by atoms with Crippen molar-refractivity contribution >= 4 is 17.4 Å². The Hall–Kier alpha value is -2.43. The number of halogens is 1. The van der Waals surface area contributed by atoms with Crippen molar-refractivity contribution in [3.05, 3.63) is 53.5 Å². The molecule has 110 valence electrons. The number of nitrogens with one attached hydrogen (secondary N) is 2. The van der Waals surface area contributed by atoms with Crippen LogP contribution in [0.15, 0.2) is 36.5 Å². The summed E-state index contributed by atoms with van der Waals surface area (Å²) in [5.74, 6) is -0.177. The zero-order valence-corrected chi connectivity index (χ0v) is 12.3. The second-order valence-corrected chi connectivity index (χ2v) is 5.03. The van der Waals surface area contributed by atoms with E-state index in [0.717, 1.165) is 12.3 Å². The molecule has 0 fully saturated rings. The van der Waals surface area contributed by atoms with E-state index in [0.29, 0.717) is 17.4 Å². The standard InChI is InChI=1S/C16H18FN3O/c1-10(2)11-4-6-13(7-5-11)20-16(21)14-8-12(17)9-19-15(14)18-3/h4-10H,1-3H3,(H,18,19)(H,20,21). The fourth-order valence-electron chi connectivity index (χ4n) is 1.96. The van der Waals surface area contributed by atoms with Gasteiger partial charge in [-0.2, -0.15) is 0 Å². The molecule has 2 rings (SSSR count). The van der Waals surface area contributed by atoms with Gasteiger partial charge in [0.1, 0.15) is 11.6 Å². The zero-order chi connectivity index (χ0) is 15.4. The van der Waals surface area contributed by atoms with Crippen LogP contribution in [0.5, 0.6) is 0 Å². The summed E-state index contributed by atoms with van der Waals surface area (Å²) < 4.78 is 13.3. The van der Waals surface area contributed by atoms with Crippen LogP contribution in [0.4, 0.5) is 15.9 Å². The van der Waals surface area contributed by atoms with E-state index in [-0.39, 0.29) is 5.56 Å². The van der Waals surface area contributed by atoms with Gasteiger partial charge in [0.2, 0.25) is 0 Å². The van der Waals surface area contributed by atoms with Gasteiger partial charge in [-0.3, -0.25) is 4.79 Å². The quantitative estimate of drug-likeness (QED) is 0.902. The van der Waals surface area contributed by atoms with E-state index in [1.54, 1.807) is 7.05 Å². The molecule has 0 spiro atoms. The highest BCUT2D eigenvalue weighted by molar-refractivity contribution is 6.07. The molecule has 0 saturated carbocycles. The van der Waals surface area contributed by atoms with Gasteiger partial charge in [-0.05, 0) is 29.7 Å². The second-order valence-electron chi connectivity index (χ2n) is 5.03. The molecule has 2 N–H and O–H groups in total. The lowest BCUT2D eigenvalue weighted by Gasteiger charge is -2.10. The van der Waals surface area contributed by atoms with Gasteiger partial charge in [0, 0.05) is 12.7 Å². The molecule has 1 aromatic heterocycles. The first-order valence-corrected chi connectivity index (χ1v) is 6.76. The van der Waals surface area contributed by atoms with Crippen LogP contribution < -0.4 is 10.6 Å². The number of anilines is 2. The largest absolute Gasteiger partial charge is 0.372 e. The van der Waals surface area contributed by atoms with Crippen LogP contribution in [-0.2, 0) is 0 Å². The molecule has 1 amide bonds. The summed E-state index contributed by atoms with van der Waals surface area (Å²) in [5, 5.41) is 5.52. The first-order chi connectivity index (χ1) is 10.0. The third-order valence-electron chi connectivity index (χ3n) is 3.17. The van der Waals surface area contributed by atoms with E-state index in [2.05, 4.69) is 29.5 Å². The Labute approximate surface area is 123 Å². The Morgan fingerprint density at radius 2 is 1.90 bits per heavy atom. The van der Waals surface area contributed by atoms with Gasteiger partial charge >= 0.3 is 0 Å². The third-order valence-corrected chi connectivity index (χ3v) is 3.17. The Morgan fingerprint density at radius 1 is 1.24 bits per heavy atom. The van der Waals surface area contributed by atoms with Crippen molar-refractivity contribution in [1.29, 1.82) is 0 Å². The summed E-state index contributed by atoms with van der Waals surface area (Å²) >= 11 is 0. The van der Waals surface area contributed by atoms with Crippen molar-refractivity contribution in [3.63, 3.8) is 0 Å². The van der Waals surface area contributed by atoms with Crippen molar-refractivity contribution in [2.24, 2.45) is 0 Å². The molecule has 0 unspecified atom stereocenters. The van der Waals surface area contributed by atoms with Crippen LogP contribution >= 0.6 is 0 Å². The zero-order valence-electron chi connectivity index (χ0n) is 12.3. The number of hydrogen-bond donors (Lipinski definition) is 2. The lowest BCUT2D eigenvalue weighted by Crippen LogP contribution is -2.15. The second kappa shape index (κ2) is 6.35. The summed E-state index contributed by atoms with van der Waals surface area (Å²) in [6.07, 6.45) is 1.07. The molecule has 2 aromatic rings. The molecule has 0 atom stereocenters. The minimum atomic E-state index is -0.547. The minimum absolute atomic E-state index is 0.172. The molecular weight excluding hydrogens is 269 g/mol. The van der Waals surface area contributed by atoms with Crippen molar-refractivity contribution in [1.82, 2.24) is 4.98 Å². The number of hydrogen-bond acceptors (Lipinski definition) is 3. The summed E-state index contributed by atoms with van der Waals surface area (Å²) in [4.78, 5) is 16.1. The van der Waals surface area contributed by atoms with Crippen LogP contribution in [0.3, 0.4) is 0 Å². The van der Waals surface area contributed by atoms with E-state index >= 15 is 0 Å². The number of aromatic nitrogens is 1. The van der Waals surface area contributed by atoms with E-state index in [1.807, 2.05) is 24.3 Å². The highest BCUT2D eigenvalue weighted by Crippen LogP contribution is 2.19. The maximum Gasteiger partial charge on any atom is 0.259 e. The molecule has 21 heavy (non-hydrogen) atoms. The molecule has 0 aliphatic heterocycles. The summed E-state index contributed by atoms with van der Waals surface area (Å²) in [7, 11) is 1.63. The number of pyridine rings is 1. The van der Waals surface area contributed by atoms with Crippen LogP contribution in [0.1, 0.15) is 35.7 Å². The molecule has 5 heteroatoms. The normalized spacial score (nSPS) is 10.5. The molecule has 0 radical (unpaired) electrons. The number of carbonyl (C=O) groups is 1. The molecule has 1 heterocycles. The first kappa shape index (κ1) is 15.0. The van der Waals surface area contributed by atoms with Gasteiger partial charge in [-0.15, -0.1) is 0 Å². The fraction of sp³-hybridized carbons (Fsp3) is 0.250. The van der Waals surface area contributed by atoms with Crippen LogP contribution in [0.25, 0.3) is 0 Å². The summed E-state index contributed by atoms with van der Waals surface area (Å²) in [5.41, 5.74) is 2.03. The van der Waals surface area contributed by atoms with Gasteiger partial charge in [0.15, 0.2) is 0 Å². The van der Waals surface area contributed by atoms with E-state index < -0.39 is 11.7 Å². The van der Waals surface area contributed by atoms with E-state index in [1.165, 1.54) is 5.56 Å². The van der Waals surface area contributed by atoms with Crippen LogP contribution in [0, 0.1) is 5.82 Å². The monoisotopic (exact) mass is 287 g/mol. The van der Waals surface area contributed by atoms with E-state index in [9.17, 15) is 9.18 Å². The molecule has 0 aliphatic rings. The smallest absolute Gasteiger partial charge is 0.259 e. The van der Waals surface area contributed by atoms with Crippen molar-refractivity contribution in [2.45, 2.75) is 19.8 Å². The van der Waals surface area contributed by atoms with Gasteiger partial charge in [0.25, 0.3) is 5.91 Å². The lowest BCUT2D eigenvalue weighted by atomic mass is 10.0. The molecular formula is C16H18FN3O. The number of benzene rings is 1.